The molecule has 0 rings (SSSR count). The Morgan fingerprint density at radius 3 is 2.00 bits per heavy atom. The van der Waals surface area contributed by atoms with E-state index >= 15 is 0 Å². The molecule has 0 aromatic heterocycles. The van der Waals surface area contributed by atoms with E-state index in [1.807, 2.05) is 0 Å². The lowest BCUT2D eigenvalue weighted by molar-refractivity contribution is -0.890. The van der Waals surface area contributed by atoms with Crippen LogP contribution >= 0.6 is 0 Å². The van der Waals surface area contributed by atoms with Crippen LogP contribution in [0.5, 0.6) is 0 Å². The first kappa shape index (κ1) is 16.9. The summed E-state index contributed by atoms with van der Waals surface area (Å²) in [7, 11) is 0.441. The first-order valence-corrected chi connectivity index (χ1v) is 8.15. The van der Waals surface area contributed by atoms with Crippen LogP contribution in [-0.4, -0.2) is 50.4 Å². The van der Waals surface area contributed by atoms with Gasteiger partial charge in [0.05, 0.1) is 32.9 Å². The minimum absolute atomic E-state index is 0.121. The largest absolute Gasteiger partial charge is 0.328 e. The zero-order valence-electron chi connectivity index (χ0n) is 11.5. The van der Waals surface area contributed by atoms with Crippen molar-refractivity contribution in [1.82, 2.24) is 0 Å². The maximum Gasteiger partial charge on any atom is 0.265 e. The summed E-state index contributed by atoms with van der Waals surface area (Å²) in [5, 5.41) is 0. The Kier molecular flexibility index (Phi) is 8.00. The normalized spacial score (nSPS) is 12.9. The quantitative estimate of drug-likeness (QED) is 0.375. The van der Waals surface area contributed by atoms with Crippen LogP contribution in [0.2, 0.25) is 0 Å². The minimum Gasteiger partial charge on any atom is -0.328 e. The fraction of sp³-hybridized carbons (Fsp3) is 1.00. The third-order valence-corrected chi connectivity index (χ3v) is 3.84. The second kappa shape index (κ2) is 8.06. The van der Waals surface area contributed by atoms with Gasteiger partial charge in [0.15, 0.2) is 0 Å². The van der Waals surface area contributed by atoms with Crippen molar-refractivity contribution in [2.75, 3.05) is 32.9 Å². The van der Waals surface area contributed by atoms with Crippen molar-refractivity contribution in [2.24, 2.45) is 0 Å². The molecule has 0 spiro atoms. The molecule has 0 atom stereocenters. The molecule has 0 aliphatic heterocycles. The van der Waals surface area contributed by atoms with Gasteiger partial charge in [0.1, 0.15) is 0 Å². The summed E-state index contributed by atoms with van der Waals surface area (Å²) in [5.41, 5.74) is 0. The van der Waals surface area contributed by atoms with Gasteiger partial charge < -0.3 is 4.48 Å². The summed E-state index contributed by atoms with van der Waals surface area (Å²) >= 11 is 0. The molecule has 17 heavy (non-hydrogen) atoms. The van der Waals surface area contributed by atoms with Crippen LogP contribution in [0.3, 0.4) is 0 Å². The summed E-state index contributed by atoms with van der Waals surface area (Å²) in [6.45, 7) is 4.08. The highest BCUT2D eigenvalue weighted by Crippen LogP contribution is 2.08. The fourth-order valence-corrected chi connectivity index (χ4v) is 2.42. The predicted octanol–water partition coefficient (Wildman–Crippen LogP) is 2.31. The minimum atomic E-state index is -3.79. The van der Waals surface area contributed by atoms with Crippen LogP contribution in [0.4, 0.5) is 0 Å². The van der Waals surface area contributed by atoms with Crippen molar-refractivity contribution in [3.63, 3.8) is 0 Å². The molecule has 104 valence electrons. The second-order valence-electron chi connectivity index (χ2n) is 5.44. The highest BCUT2D eigenvalue weighted by atomic mass is 32.2. The molecule has 0 amide bonds. The van der Waals surface area contributed by atoms with Gasteiger partial charge in [-0.15, -0.1) is 0 Å². The number of quaternary nitrogens is 1. The van der Waals surface area contributed by atoms with E-state index in [1.165, 1.54) is 32.1 Å². The summed E-state index contributed by atoms with van der Waals surface area (Å²) in [4.78, 5) is 0. The molecular formula is C12H28NO3S+. The van der Waals surface area contributed by atoms with Crippen molar-refractivity contribution in [3.05, 3.63) is 0 Å². The van der Waals surface area contributed by atoms with Crippen molar-refractivity contribution in [1.29, 1.82) is 0 Å². The average Bonchev–Trinajstić information content (AvgIpc) is 2.14. The number of hydrogen-bond donors (Lipinski definition) is 1. The van der Waals surface area contributed by atoms with Crippen LogP contribution < -0.4 is 0 Å². The molecule has 0 aromatic carbocycles. The van der Waals surface area contributed by atoms with Gasteiger partial charge in [-0.2, -0.15) is 8.42 Å². The zero-order chi connectivity index (χ0) is 13.4. The smallest absolute Gasteiger partial charge is 0.265 e. The SMILES string of the molecule is CCCCCCC[N+](C)(C)CCCS(=O)(=O)O. The molecule has 4 nitrogen and oxygen atoms in total. The Morgan fingerprint density at radius 2 is 1.47 bits per heavy atom. The van der Waals surface area contributed by atoms with Gasteiger partial charge in [0, 0.05) is 6.42 Å². The van der Waals surface area contributed by atoms with E-state index in [4.69, 9.17) is 4.55 Å². The Balaban J connectivity index is 3.65. The van der Waals surface area contributed by atoms with Gasteiger partial charge in [-0.1, -0.05) is 26.2 Å². The molecule has 0 saturated carbocycles. The molecular weight excluding hydrogens is 238 g/mol. The number of hydrogen-bond acceptors (Lipinski definition) is 2. The van der Waals surface area contributed by atoms with Crippen molar-refractivity contribution < 1.29 is 17.5 Å². The first-order chi connectivity index (χ1) is 7.77. The average molecular weight is 266 g/mol. The lowest BCUT2D eigenvalue weighted by atomic mass is 10.1. The van der Waals surface area contributed by atoms with Gasteiger partial charge in [-0.05, 0) is 12.8 Å². The maximum atomic E-state index is 10.6. The van der Waals surface area contributed by atoms with Crippen molar-refractivity contribution >= 4 is 10.1 Å². The monoisotopic (exact) mass is 266 g/mol. The molecule has 0 aromatic rings. The lowest BCUT2D eigenvalue weighted by Crippen LogP contribution is -2.41. The third kappa shape index (κ3) is 12.1. The van der Waals surface area contributed by atoms with Crippen molar-refractivity contribution in [3.8, 4) is 0 Å². The number of rotatable bonds is 10. The van der Waals surface area contributed by atoms with Crippen molar-refractivity contribution in [2.45, 2.75) is 45.4 Å². The molecule has 0 bridgehead atoms. The van der Waals surface area contributed by atoms with Gasteiger partial charge in [0.2, 0.25) is 0 Å². The van der Waals surface area contributed by atoms with Gasteiger partial charge >= 0.3 is 0 Å². The van der Waals surface area contributed by atoms with E-state index in [0.29, 0.717) is 6.42 Å². The molecule has 0 saturated heterocycles. The Hall–Kier alpha value is -0.130. The Labute approximate surface area is 106 Å². The number of nitrogens with zero attached hydrogens (tertiary/aromatic N) is 1. The Morgan fingerprint density at radius 1 is 0.941 bits per heavy atom. The van der Waals surface area contributed by atoms with E-state index in [1.54, 1.807) is 0 Å². The van der Waals surface area contributed by atoms with Gasteiger partial charge in [0.25, 0.3) is 10.1 Å². The van der Waals surface area contributed by atoms with E-state index < -0.39 is 10.1 Å². The van der Waals surface area contributed by atoms with E-state index in [-0.39, 0.29) is 5.75 Å². The van der Waals surface area contributed by atoms with Gasteiger partial charge in [-0.3, -0.25) is 4.55 Å². The van der Waals surface area contributed by atoms with E-state index in [9.17, 15) is 8.42 Å². The highest BCUT2D eigenvalue weighted by molar-refractivity contribution is 7.85. The van der Waals surface area contributed by atoms with Crippen LogP contribution in [0, 0.1) is 0 Å². The van der Waals surface area contributed by atoms with Crippen LogP contribution in [0.15, 0.2) is 0 Å². The number of unbranched alkanes of at least 4 members (excludes halogenated alkanes) is 4. The molecule has 0 radical (unpaired) electrons. The Bertz CT molecular complexity index is 286. The van der Waals surface area contributed by atoms with E-state index in [0.717, 1.165) is 17.6 Å². The summed E-state index contributed by atoms with van der Waals surface area (Å²) in [5.74, 6) is -0.121. The molecule has 0 aliphatic rings. The molecule has 0 aliphatic carbocycles. The molecule has 5 heteroatoms. The van der Waals surface area contributed by atoms with Gasteiger partial charge in [-0.25, -0.2) is 0 Å². The highest BCUT2D eigenvalue weighted by Gasteiger charge is 2.15. The molecule has 0 fully saturated rings. The van der Waals surface area contributed by atoms with Crippen LogP contribution in [-0.2, 0) is 10.1 Å². The lowest BCUT2D eigenvalue weighted by Gasteiger charge is -2.29. The van der Waals surface area contributed by atoms with Crippen LogP contribution in [0.1, 0.15) is 45.4 Å². The third-order valence-electron chi connectivity index (χ3n) is 3.03. The molecule has 1 N–H and O–H groups in total. The summed E-state index contributed by atoms with van der Waals surface area (Å²) in [6.07, 6.45) is 6.83. The first-order valence-electron chi connectivity index (χ1n) is 6.54. The van der Waals surface area contributed by atoms with Crippen LogP contribution in [0.25, 0.3) is 0 Å². The maximum absolute atomic E-state index is 10.6. The molecule has 0 heterocycles. The van der Waals surface area contributed by atoms with E-state index in [2.05, 4.69) is 21.0 Å². The summed E-state index contributed by atoms with van der Waals surface area (Å²) in [6, 6.07) is 0. The summed E-state index contributed by atoms with van der Waals surface area (Å²) < 4.78 is 30.7. The zero-order valence-corrected chi connectivity index (χ0v) is 12.3. The standard InChI is InChI=1S/C12H27NO3S/c1-4-5-6-7-8-10-13(2,3)11-9-12-17(14,15)16/h4-12H2,1-3H3/p+1. The predicted molar refractivity (Wildman–Crippen MR) is 71.6 cm³/mol. The fourth-order valence-electron chi connectivity index (χ4n) is 1.93. The molecule has 0 unspecified atom stereocenters. The topological polar surface area (TPSA) is 54.4 Å². The second-order valence-corrected chi connectivity index (χ2v) is 7.01.